The van der Waals surface area contributed by atoms with Gasteiger partial charge < -0.3 is 5.32 Å². The zero-order valence-electron chi connectivity index (χ0n) is 10.3. The van der Waals surface area contributed by atoms with E-state index in [0.29, 0.717) is 5.56 Å². The molecule has 1 N–H and O–H groups in total. The molecule has 0 atom stereocenters. The van der Waals surface area contributed by atoms with Gasteiger partial charge in [0.25, 0.3) is 5.91 Å². The third-order valence-corrected chi connectivity index (χ3v) is 3.11. The van der Waals surface area contributed by atoms with Gasteiger partial charge in [0.15, 0.2) is 0 Å². The molecule has 92 valence electrons. The lowest BCUT2D eigenvalue weighted by Crippen LogP contribution is -2.11. The number of carbonyl (C=O) groups excluding carboxylic acids is 1. The molecule has 2 nitrogen and oxygen atoms in total. The Morgan fingerprint density at radius 1 is 1.00 bits per heavy atom. The molecule has 0 saturated carbocycles. The molecular formula is C15H14BrNO. The number of anilines is 1. The lowest BCUT2D eigenvalue weighted by molar-refractivity contribution is 0.102. The fourth-order valence-electron chi connectivity index (χ4n) is 1.85. The Morgan fingerprint density at radius 3 is 2.11 bits per heavy atom. The summed E-state index contributed by atoms with van der Waals surface area (Å²) >= 11 is 3.35. The van der Waals surface area contributed by atoms with Crippen molar-refractivity contribution in [3.8, 4) is 0 Å². The summed E-state index contributed by atoms with van der Waals surface area (Å²) in [5, 5.41) is 2.91. The lowest BCUT2D eigenvalue weighted by Gasteiger charge is -2.07. The van der Waals surface area contributed by atoms with Gasteiger partial charge in [-0.1, -0.05) is 22.0 Å². The summed E-state index contributed by atoms with van der Waals surface area (Å²) in [4.78, 5) is 12.0. The molecule has 1 amide bonds. The normalized spacial score (nSPS) is 10.2. The van der Waals surface area contributed by atoms with Gasteiger partial charge in [0, 0.05) is 15.7 Å². The number of benzene rings is 2. The molecule has 2 aromatic rings. The Hall–Kier alpha value is -1.61. The van der Waals surface area contributed by atoms with Crippen molar-refractivity contribution < 1.29 is 4.79 Å². The molecule has 0 saturated heterocycles. The summed E-state index contributed by atoms with van der Waals surface area (Å²) < 4.78 is 0.963. The number of nitrogens with one attached hydrogen (secondary N) is 1. The maximum atomic E-state index is 12.0. The van der Waals surface area contributed by atoms with Gasteiger partial charge in [-0.05, 0) is 61.4 Å². The number of hydrogen-bond donors (Lipinski definition) is 1. The summed E-state index contributed by atoms with van der Waals surface area (Å²) in [5.74, 6) is -0.0903. The topological polar surface area (TPSA) is 29.1 Å². The third kappa shape index (κ3) is 3.20. The maximum absolute atomic E-state index is 12.0. The van der Waals surface area contributed by atoms with Gasteiger partial charge in [-0.2, -0.15) is 0 Å². The minimum Gasteiger partial charge on any atom is -0.322 e. The van der Waals surface area contributed by atoms with Crippen molar-refractivity contribution >= 4 is 27.5 Å². The Morgan fingerprint density at radius 2 is 1.56 bits per heavy atom. The second-order valence-corrected chi connectivity index (χ2v) is 5.25. The van der Waals surface area contributed by atoms with Crippen molar-refractivity contribution in [2.75, 3.05) is 5.32 Å². The van der Waals surface area contributed by atoms with Gasteiger partial charge in [-0.3, -0.25) is 4.79 Å². The molecule has 0 aliphatic rings. The molecule has 0 radical (unpaired) electrons. The highest BCUT2D eigenvalue weighted by Gasteiger charge is 2.06. The molecule has 0 unspecified atom stereocenters. The SMILES string of the molecule is Cc1cc(C)cc(NC(=O)c2ccc(Br)cc2)c1. The fourth-order valence-corrected chi connectivity index (χ4v) is 2.12. The van der Waals surface area contributed by atoms with E-state index in [2.05, 4.69) is 27.3 Å². The first-order chi connectivity index (χ1) is 8.54. The molecule has 0 spiro atoms. The fraction of sp³-hybridized carbons (Fsp3) is 0.133. The Balaban J connectivity index is 2.18. The highest BCUT2D eigenvalue weighted by atomic mass is 79.9. The van der Waals surface area contributed by atoms with E-state index >= 15 is 0 Å². The van der Waals surface area contributed by atoms with E-state index in [1.807, 2.05) is 38.1 Å². The van der Waals surface area contributed by atoms with Crippen molar-refractivity contribution in [2.24, 2.45) is 0 Å². The van der Waals surface area contributed by atoms with Gasteiger partial charge >= 0.3 is 0 Å². The van der Waals surface area contributed by atoms with Crippen LogP contribution in [0.5, 0.6) is 0 Å². The van der Waals surface area contributed by atoms with E-state index in [0.717, 1.165) is 21.3 Å². The monoisotopic (exact) mass is 303 g/mol. The second kappa shape index (κ2) is 5.36. The van der Waals surface area contributed by atoms with Crippen molar-refractivity contribution in [3.63, 3.8) is 0 Å². The summed E-state index contributed by atoms with van der Waals surface area (Å²) in [6.07, 6.45) is 0. The van der Waals surface area contributed by atoms with Crippen LogP contribution in [0.25, 0.3) is 0 Å². The summed E-state index contributed by atoms with van der Waals surface area (Å²) in [6, 6.07) is 13.3. The molecule has 2 aromatic carbocycles. The predicted molar refractivity (Wildman–Crippen MR) is 78.0 cm³/mol. The number of carbonyl (C=O) groups is 1. The van der Waals surface area contributed by atoms with Crippen LogP contribution in [0.3, 0.4) is 0 Å². The average molecular weight is 304 g/mol. The smallest absolute Gasteiger partial charge is 0.255 e. The van der Waals surface area contributed by atoms with Crippen LogP contribution in [0.4, 0.5) is 5.69 Å². The van der Waals surface area contributed by atoms with Crippen LogP contribution < -0.4 is 5.32 Å². The van der Waals surface area contributed by atoms with Crippen LogP contribution in [0, 0.1) is 13.8 Å². The van der Waals surface area contributed by atoms with Crippen LogP contribution >= 0.6 is 15.9 Å². The van der Waals surface area contributed by atoms with Gasteiger partial charge in [0.1, 0.15) is 0 Å². The summed E-state index contributed by atoms with van der Waals surface area (Å²) in [6.45, 7) is 4.03. The van der Waals surface area contributed by atoms with E-state index in [1.54, 1.807) is 12.1 Å². The molecule has 0 heterocycles. The Kier molecular flexibility index (Phi) is 3.82. The van der Waals surface area contributed by atoms with E-state index in [1.165, 1.54) is 0 Å². The van der Waals surface area contributed by atoms with Gasteiger partial charge in [0.05, 0.1) is 0 Å². The standard InChI is InChI=1S/C15H14BrNO/c1-10-7-11(2)9-14(8-10)17-15(18)12-3-5-13(16)6-4-12/h3-9H,1-2H3,(H,17,18). The summed E-state index contributed by atoms with van der Waals surface area (Å²) in [5.41, 5.74) is 3.76. The number of halogens is 1. The molecule has 0 aliphatic carbocycles. The molecule has 18 heavy (non-hydrogen) atoms. The van der Waals surface area contributed by atoms with Gasteiger partial charge in [0.2, 0.25) is 0 Å². The van der Waals surface area contributed by atoms with E-state index in [-0.39, 0.29) is 5.91 Å². The number of amides is 1. The van der Waals surface area contributed by atoms with Crippen LogP contribution in [-0.4, -0.2) is 5.91 Å². The maximum Gasteiger partial charge on any atom is 0.255 e. The number of aryl methyl sites for hydroxylation is 2. The van der Waals surface area contributed by atoms with Crippen molar-refractivity contribution in [3.05, 3.63) is 63.6 Å². The van der Waals surface area contributed by atoms with E-state index in [4.69, 9.17) is 0 Å². The van der Waals surface area contributed by atoms with E-state index < -0.39 is 0 Å². The largest absolute Gasteiger partial charge is 0.322 e. The zero-order chi connectivity index (χ0) is 13.1. The quantitative estimate of drug-likeness (QED) is 0.879. The van der Waals surface area contributed by atoms with Crippen LogP contribution in [-0.2, 0) is 0 Å². The first-order valence-corrected chi connectivity index (χ1v) is 6.49. The summed E-state index contributed by atoms with van der Waals surface area (Å²) in [7, 11) is 0. The molecule has 0 aromatic heterocycles. The molecule has 0 fully saturated rings. The Labute approximate surface area is 115 Å². The molecule has 3 heteroatoms. The van der Waals surface area contributed by atoms with Crippen LogP contribution in [0.1, 0.15) is 21.5 Å². The lowest BCUT2D eigenvalue weighted by atomic mass is 10.1. The van der Waals surface area contributed by atoms with Gasteiger partial charge in [-0.15, -0.1) is 0 Å². The molecule has 0 bridgehead atoms. The first kappa shape index (κ1) is 12.8. The second-order valence-electron chi connectivity index (χ2n) is 4.34. The van der Waals surface area contributed by atoms with Crippen molar-refractivity contribution in [1.29, 1.82) is 0 Å². The predicted octanol–water partition coefficient (Wildman–Crippen LogP) is 4.32. The number of rotatable bonds is 2. The van der Waals surface area contributed by atoms with Crippen LogP contribution in [0.2, 0.25) is 0 Å². The highest BCUT2D eigenvalue weighted by Crippen LogP contribution is 2.16. The zero-order valence-corrected chi connectivity index (χ0v) is 11.9. The van der Waals surface area contributed by atoms with Crippen LogP contribution in [0.15, 0.2) is 46.9 Å². The molecule has 0 aliphatic heterocycles. The first-order valence-electron chi connectivity index (χ1n) is 5.70. The molecule has 2 rings (SSSR count). The van der Waals surface area contributed by atoms with Crippen molar-refractivity contribution in [1.82, 2.24) is 0 Å². The van der Waals surface area contributed by atoms with E-state index in [9.17, 15) is 4.79 Å². The van der Waals surface area contributed by atoms with Gasteiger partial charge in [-0.25, -0.2) is 0 Å². The van der Waals surface area contributed by atoms with Crippen molar-refractivity contribution in [2.45, 2.75) is 13.8 Å². The highest BCUT2D eigenvalue weighted by molar-refractivity contribution is 9.10. The third-order valence-electron chi connectivity index (χ3n) is 2.59. The Bertz CT molecular complexity index is 555. The minimum atomic E-state index is -0.0903. The molecular weight excluding hydrogens is 290 g/mol. The average Bonchev–Trinajstić information content (AvgIpc) is 2.28. The number of hydrogen-bond acceptors (Lipinski definition) is 1. The minimum absolute atomic E-state index is 0.0903.